The number of esters is 1. The number of benzene rings is 2. The van der Waals surface area contributed by atoms with Gasteiger partial charge >= 0.3 is 5.97 Å². The Bertz CT molecular complexity index is 687. The fourth-order valence-electron chi connectivity index (χ4n) is 2.41. The molecule has 0 spiro atoms. The molecule has 0 aliphatic rings. The number of carbonyl (C=O) groups is 2. The average Bonchev–Trinajstić information content (AvgIpc) is 2.54. The van der Waals surface area contributed by atoms with Crippen molar-refractivity contribution in [3.05, 3.63) is 77.9 Å². The average molecular weight is 308 g/mol. The number of hydrogen-bond donors (Lipinski definition) is 0. The van der Waals surface area contributed by atoms with Gasteiger partial charge in [-0.3, -0.25) is 9.59 Å². The Labute approximate surface area is 136 Å². The molecule has 0 amide bonds. The molecule has 0 saturated carbocycles. The highest BCUT2D eigenvalue weighted by Gasteiger charge is 2.15. The van der Waals surface area contributed by atoms with Crippen LogP contribution in [-0.2, 0) is 14.3 Å². The van der Waals surface area contributed by atoms with Crippen molar-refractivity contribution >= 4 is 17.5 Å². The van der Waals surface area contributed by atoms with Crippen LogP contribution in [0, 0.1) is 0 Å². The van der Waals surface area contributed by atoms with E-state index in [2.05, 4.69) is 0 Å². The van der Waals surface area contributed by atoms with Gasteiger partial charge in [0.25, 0.3) is 0 Å². The SMILES string of the molecule is CC(=O)CC(/C=C(\OC(C)=O)c1ccccc1)c1ccccc1. The zero-order valence-corrected chi connectivity index (χ0v) is 13.4. The molecule has 3 nitrogen and oxygen atoms in total. The van der Waals surface area contributed by atoms with E-state index in [1.807, 2.05) is 66.7 Å². The molecule has 0 N–H and O–H groups in total. The van der Waals surface area contributed by atoms with Gasteiger partial charge in [0, 0.05) is 24.8 Å². The van der Waals surface area contributed by atoms with Crippen molar-refractivity contribution in [2.75, 3.05) is 0 Å². The third kappa shape index (κ3) is 5.22. The molecule has 0 radical (unpaired) electrons. The van der Waals surface area contributed by atoms with E-state index in [0.29, 0.717) is 12.2 Å². The van der Waals surface area contributed by atoms with Crippen LogP contribution in [0.5, 0.6) is 0 Å². The zero-order valence-electron chi connectivity index (χ0n) is 13.4. The number of Topliss-reactive ketones (excluding diaryl/α,β-unsaturated/α-hetero) is 1. The topological polar surface area (TPSA) is 43.4 Å². The molecule has 23 heavy (non-hydrogen) atoms. The van der Waals surface area contributed by atoms with E-state index in [1.54, 1.807) is 6.92 Å². The smallest absolute Gasteiger partial charge is 0.308 e. The summed E-state index contributed by atoms with van der Waals surface area (Å²) in [6, 6.07) is 19.2. The summed E-state index contributed by atoms with van der Waals surface area (Å²) in [5.74, 6) is 0.0524. The van der Waals surface area contributed by atoms with Crippen LogP contribution in [0.4, 0.5) is 0 Å². The van der Waals surface area contributed by atoms with Gasteiger partial charge in [-0.2, -0.15) is 0 Å². The molecule has 2 aromatic rings. The normalized spacial score (nSPS) is 12.5. The van der Waals surface area contributed by atoms with Crippen molar-refractivity contribution in [1.29, 1.82) is 0 Å². The number of carbonyl (C=O) groups excluding carboxylic acids is 2. The minimum atomic E-state index is -0.380. The van der Waals surface area contributed by atoms with Crippen LogP contribution < -0.4 is 0 Å². The second kappa shape index (κ2) is 8.08. The molecule has 118 valence electrons. The van der Waals surface area contributed by atoms with E-state index in [9.17, 15) is 9.59 Å². The summed E-state index contributed by atoms with van der Waals surface area (Å²) in [6.07, 6.45) is 2.22. The first-order chi connectivity index (χ1) is 11.1. The summed E-state index contributed by atoms with van der Waals surface area (Å²) in [5, 5.41) is 0. The van der Waals surface area contributed by atoms with E-state index in [4.69, 9.17) is 4.74 Å². The van der Waals surface area contributed by atoms with Crippen LogP contribution in [0.2, 0.25) is 0 Å². The van der Waals surface area contributed by atoms with Gasteiger partial charge in [-0.15, -0.1) is 0 Å². The highest BCUT2D eigenvalue weighted by molar-refractivity contribution is 5.79. The van der Waals surface area contributed by atoms with Crippen LogP contribution in [0.15, 0.2) is 66.7 Å². The fraction of sp³-hybridized carbons (Fsp3) is 0.200. The maximum atomic E-state index is 11.6. The van der Waals surface area contributed by atoms with Gasteiger partial charge in [-0.1, -0.05) is 60.7 Å². The monoisotopic (exact) mass is 308 g/mol. The summed E-state index contributed by atoms with van der Waals surface area (Å²) < 4.78 is 5.38. The van der Waals surface area contributed by atoms with Crippen molar-refractivity contribution in [2.24, 2.45) is 0 Å². The molecule has 3 heteroatoms. The third-order valence-electron chi connectivity index (χ3n) is 3.40. The highest BCUT2D eigenvalue weighted by Crippen LogP contribution is 2.27. The molecular weight excluding hydrogens is 288 g/mol. The molecule has 0 aliphatic carbocycles. The van der Waals surface area contributed by atoms with E-state index in [-0.39, 0.29) is 17.7 Å². The molecule has 0 aliphatic heterocycles. The Kier molecular flexibility index (Phi) is 5.87. The second-order valence-electron chi connectivity index (χ2n) is 5.41. The largest absolute Gasteiger partial charge is 0.426 e. The first kappa shape index (κ1) is 16.7. The Morgan fingerprint density at radius 3 is 2.04 bits per heavy atom. The lowest BCUT2D eigenvalue weighted by Crippen LogP contribution is -2.05. The third-order valence-corrected chi connectivity index (χ3v) is 3.40. The Balaban J connectivity index is 2.43. The second-order valence-corrected chi connectivity index (χ2v) is 5.41. The predicted molar refractivity (Wildman–Crippen MR) is 90.7 cm³/mol. The minimum absolute atomic E-state index is 0.0883. The Hall–Kier alpha value is -2.68. The van der Waals surface area contributed by atoms with E-state index in [1.165, 1.54) is 6.92 Å². The number of hydrogen-bond acceptors (Lipinski definition) is 3. The van der Waals surface area contributed by atoms with Crippen molar-refractivity contribution in [2.45, 2.75) is 26.2 Å². The minimum Gasteiger partial charge on any atom is -0.426 e. The lowest BCUT2D eigenvalue weighted by molar-refractivity contribution is -0.134. The number of ether oxygens (including phenoxy) is 1. The zero-order chi connectivity index (χ0) is 16.7. The summed E-state index contributed by atoms with van der Waals surface area (Å²) >= 11 is 0. The van der Waals surface area contributed by atoms with Gasteiger partial charge in [-0.05, 0) is 18.6 Å². The van der Waals surface area contributed by atoms with Crippen LogP contribution in [0.3, 0.4) is 0 Å². The molecule has 2 aromatic carbocycles. The van der Waals surface area contributed by atoms with E-state index in [0.717, 1.165) is 11.1 Å². The molecule has 0 aromatic heterocycles. The lowest BCUT2D eigenvalue weighted by Gasteiger charge is -2.15. The Morgan fingerprint density at radius 1 is 0.957 bits per heavy atom. The van der Waals surface area contributed by atoms with Crippen LogP contribution in [-0.4, -0.2) is 11.8 Å². The highest BCUT2D eigenvalue weighted by atomic mass is 16.5. The maximum Gasteiger partial charge on any atom is 0.308 e. The van der Waals surface area contributed by atoms with Gasteiger partial charge < -0.3 is 4.74 Å². The van der Waals surface area contributed by atoms with Crippen molar-refractivity contribution < 1.29 is 14.3 Å². The molecule has 0 heterocycles. The predicted octanol–water partition coefficient (Wildman–Crippen LogP) is 4.35. The van der Waals surface area contributed by atoms with E-state index >= 15 is 0 Å². The fourth-order valence-corrected chi connectivity index (χ4v) is 2.41. The van der Waals surface area contributed by atoms with Gasteiger partial charge in [0.15, 0.2) is 0 Å². The Morgan fingerprint density at radius 2 is 1.52 bits per heavy atom. The number of rotatable bonds is 6. The molecular formula is C20H20O3. The molecule has 2 rings (SSSR count). The molecule has 0 fully saturated rings. The lowest BCUT2D eigenvalue weighted by atomic mass is 9.92. The first-order valence-corrected chi connectivity index (χ1v) is 7.56. The summed E-state index contributed by atoms with van der Waals surface area (Å²) in [5.41, 5.74) is 1.83. The molecule has 1 unspecified atom stereocenters. The summed E-state index contributed by atoms with van der Waals surface area (Å²) in [7, 11) is 0. The molecule has 0 bridgehead atoms. The van der Waals surface area contributed by atoms with Crippen LogP contribution >= 0.6 is 0 Å². The van der Waals surface area contributed by atoms with Crippen LogP contribution in [0.1, 0.15) is 37.3 Å². The summed E-state index contributed by atoms with van der Waals surface area (Å²) in [6.45, 7) is 2.94. The summed E-state index contributed by atoms with van der Waals surface area (Å²) in [4.78, 5) is 23.1. The maximum absolute atomic E-state index is 11.6. The number of allylic oxidation sites excluding steroid dienone is 1. The standard InChI is InChI=1S/C20H20O3/c1-15(21)13-19(17-9-5-3-6-10-17)14-20(23-16(2)22)18-11-7-4-8-12-18/h3-12,14,19H,13H2,1-2H3/b20-14-. The van der Waals surface area contributed by atoms with Crippen molar-refractivity contribution in [1.82, 2.24) is 0 Å². The number of ketones is 1. The van der Waals surface area contributed by atoms with Crippen molar-refractivity contribution in [3.63, 3.8) is 0 Å². The van der Waals surface area contributed by atoms with Gasteiger partial charge in [0.2, 0.25) is 0 Å². The molecule has 0 saturated heterocycles. The van der Waals surface area contributed by atoms with Crippen molar-refractivity contribution in [3.8, 4) is 0 Å². The molecule has 1 atom stereocenters. The van der Waals surface area contributed by atoms with Gasteiger partial charge in [-0.25, -0.2) is 0 Å². The van der Waals surface area contributed by atoms with Crippen LogP contribution in [0.25, 0.3) is 5.76 Å². The van der Waals surface area contributed by atoms with Gasteiger partial charge in [0.1, 0.15) is 11.5 Å². The van der Waals surface area contributed by atoms with E-state index < -0.39 is 0 Å². The van der Waals surface area contributed by atoms with Gasteiger partial charge in [0.05, 0.1) is 0 Å². The quantitative estimate of drug-likeness (QED) is 0.588. The first-order valence-electron chi connectivity index (χ1n) is 7.56.